The highest BCUT2D eigenvalue weighted by molar-refractivity contribution is 6.02. The average Bonchev–Trinajstić information content (AvgIpc) is 3.52. The average molecular weight is 474 g/mol. The molecule has 0 fully saturated rings. The Labute approximate surface area is 205 Å². The first-order valence-corrected chi connectivity index (χ1v) is 11.6. The number of hydrogen-bond acceptors (Lipinski definition) is 3. The van der Waals surface area contributed by atoms with E-state index in [2.05, 4.69) is 0 Å². The molecule has 0 aromatic heterocycles. The first-order chi connectivity index (χ1) is 17.3. The molecule has 0 atom stereocenters. The summed E-state index contributed by atoms with van der Waals surface area (Å²) >= 11 is 0. The minimum Gasteiger partial charge on any atom is -0.478 e. The Hall–Kier alpha value is -4.71. The Kier molecular flexibility index (Phi) is 3.97. The fourth-order valence-electron chi connectivity index (χ4n) is 6.35. The van der Waals surface area contributed by atoms with E-state index in [0.29, 0.717) is 19.3 Å². The van der Waals surface area contributed by atoms with Crippen LogP contribution in [0.15, 0.2) is 54.6 Å². The van der Waals surface area contributed by atoms with Crippen LogP contribution in [0, 0.1) is 0 Å². The second-order valence-corrected chi connectivity index (χ2v) is 9.62. The van der Waals surface area contributed by atoms with Crippen molar-refractivity contribution in [3.05, 3.63) is 105 Å². The van der Waals surface area contributed by atoms with E-state index in [4.69, 9.17) is 0 Å². The molecule has 0 spiro atoms. The highest BCUT2D eigenvalue weighted by Gasteiger charge is 2.37. The Balaban J connectivity index is 1.53. The zero-order chi connectivity index (χ0) is 24.9. The van der Waals surface area contributed by atoms with E-state index >= 15 is 0 Å². The van der Waals surface area contributed by atoms with Gasteiger partial charge in [0.25, 0.3) is 0 Å². The molecule has 3 aliphatic rings. The zero-order valence-corrected chi connectivity index (χ0v) is 18.9. The molecule has 0 aliphatic heterocycles. The van der Waals surface area contributed by atoms with Gasteiger partial charge in [0.2, 0.25) is 0 Å². The van der Waals surface area contributed by atoms with E-state index in [1.165, 1.54) is 0 Å². The van der Waals surface area contributed by atoms with Crippen LogP contribution in [0.5, 0.6) is 0 Å². The van der Waals surface area contributed by atoms with Crippen molar-refractivity contribution in [2.24, 2.45) is 0 Å². The summed E-state index contributed by atoms with van der Waals surface area (Å²) in [4.78, 5) is 34.9. The third kappa shape index (κ3) is 2.64. The molecule has 0 unspecified atom stereocenters. The van der Waals surface area contributed by atoms with E-state index < -0.39 is 17.9 Å². The van der Waals surface area contributed by atoms with Crippen LogP contribution in [0.4, 0.5) is 0 Å². The van der Waals surface area contributed by atoms with Crippen LogP contribution >= 0.6 is 0 Å². The molecular formula is C30H18O6. The van der Waals surface area contributed by atoms with Crippen LogP contribution in [-0.2, 0) is 19.3 Å². The molecule has 0 bridgehead atoms. The molecule has 6 heteroatoms. The number of rotatable bonds is 3. The second kappa shape index (κ2) is 6.92. The van der Waals surface area contributed by atoms with Gasteiger partial charge in [-0.15, -0.1) is 0 Å². The highest BCUT2D eigenvalue weighted by Crippen LogP contribution is 2.56. The molecule has 0 radical (unpaired) electrons. The summed E-state index contributed by atoms with van der Waals surface area (Å²) in [5.41, 5.74) is 13.3. The smallest absolute Gasteiger partial charge is 0.335 e. The summed E-state index contributed by atoms with van der Waals surface area (Å²) < 4.78 is 0. The van der Waals surface area contributed by atoms with Gasteiger partial charge in [-0.05, 0) is 122 Å². The molecule has 0 saturated carbocycles. The molecule has 174 valence electrons. The van der Waals surface area contributed by atoms with Gasteiger partial charge in [-0.1, -0.05) is 18.2 Å². The number of carboxylic acids is 3. The maximum atomic E-state index is 11.6. The lowest BCUT2D eigenvalue weighted by molar-refractivity contribution is 0.0686. The summed E-state index contributed by atoms with van der Waals surface area (Å²) in [6.45, 7) is 0. The van der Waals surface area contributed by atoms with Crippen LogP contribution in [0.25, 0.3) is 33.4 Å². The van der Waals surface area contributed by atoms with Crippen molar-refractivity contribution in [1.29, 1.82) is 0 Å². The molecular weight excluding hydrogens is 456 g/mol. The molecule has 36 heavy (non-hydrogen) atoms. The van der Waals surface area contributed by atoms with Gasteiger partial charge in [-0.2, -0.15) is 0 Å². The predicted molar refractivity (Wildman–Crippen MR) is 132 cm³/mol. The standard InChI is InChI=1S/C30H18O6/c31-28(32)13-1-4-19-16(7-13)10-22-25(19)23-11-17-8-14(29(33)34)2-5-20(17)27(23)24-12-18-9-15(30(35)36)3-6-21(18)26(22)24/h1-9H,10-12H2,(H,31,32)(H,33,34)(H,35,36). The van der Waals surface area contributed by atoms with Gasteiger partial charge in [-0.3, -0.25) is 0 Å². The van der Waals surface area contributed by atoms with Gasteiger partial charge in [0.05, 0.1) is 16.7 Å². The van der Waals surface area contributed by atoms with Crippen LogP contribution < -0.4 is 0 Å². The first-order valence-electron chi connectivity index (χ1n) is 11.6. The van der Waals surface area contributed by atoms with Crippen molar-refractivity contribution in [3.63, 3.8) is 0 Å². The molecule has 3 aliphatic carbocycles. The summed E-state index contributed by atoms with van der Waals surface area (Å²) in [6.07, 6.45) is 1.79. The van der Waals surface area contributed by atoms with Crippen molar-refractivity contribution >= 4 is 17.9 Å². The second-order valence-electron chi connectivity index (χ2n) is 9.62. The van der Waals surface area contributed by atoms with E-state index in [1.807, 2.05) is 18.2 Å². The largest absolute Gasteiger partial charge is 0.478 e. The van der Waals surface area contributed by atoms with Gasteiger partial charge in [0.15, 0.2) is 0 Å². The van der Waals surface area contributed by atoms with E-state index in [9.17, 15) is 29.7 Å². The van der Waals surface area contributed by atoms with Crippen molar-refractivity contribution < 1.29 is 29.7 Å². The number of aromatic carboxylic acids is 3. The van der Waals surface area contributed by atoms with Gasteiger partial charge < -0.3 is 15.3 Å². The van der Waals surface area contributed by atoms with E-state index in [0.717, 1.165) is 66.8 Å². The van der Waals surface area contributed by atoms with E-state index in [1.54, 1.807) is 36.4 Å². The van der Waals surface area contributed by atoms with Crippen LogP contribution in [0.3, 0.4) is 0 Å². The fourth-order valence-corrected chi connectivity index (χ4v) is 6.35. The zero-order valence-electron chi connectivity index (χ0n) is 18.9. The van der Waals surface area contributed by atoms with E-state index in [-0.39, 0.29) is 16.7 Å². The number of carboxylic acid groups (broad SMARTS) is 3. The molecule has 7 rings (SSSR count). The Morgan fingerprint density at radius 2 is 0.750 bits per heavy atom. The monoisotopic (exact) mass is 474 g/mol. The number of fused-ring (bicyclic) bond motifs is 12. The van der Waals surface area contributed by atoms with Crippen molar-refractivity contribution in [2.75, 3.05) is 0 Å². The molecule has 0 saturated heterocycles. The minimum atomic E-state index is -0.968. The van der Waals surface area contributed by atoms with Gasteiger partial charge in [0, 0.05) is 0 Å². The number of benzene rings is 4. The number of carbonyl (C=O) groups is 3. The third-order valence-electron chi connectivity index (χ3n) is 7.78. The molecule has 4 aromatic rings. The lowest BCUT2D eigenvalue weighted by atomic mass is 9.86. The number of hydrogen-bond donors (Lipinski definition) is 3. The Bertz CT molecular complexity index is 1520. The lowest BCUT2D eigenvalue weighted by Crippen LogP contribution is -1.97. The minimum absolute atomic E-state index is 0.246. The normalized spacial score (nSPS) is 13.3. The highest BCUT2D eigenvalue weighted by atomic mass is 16.4. The summed E-state index contributed by atoms with van der Waals surface area (Å²) in [7, 11) is 0. The summed E-state index contributed by atoms with van der Waals surface area (Å²) in [5, 5.41) is 28.6. The van der Waals surface area contributed by atoms with Crippen molar-refractivity contribution in [3.8, 4) is 33.4 Å². The Morgan fingerprint density at radius 3 is 1.00 bits per heavy atom. The fraction of sp³-hybridized carbons (Fsp3) is 0.100. The Morgan fingerprint density at radius 1 is 0.472 bits per heavy atom. The lowest BCUT2D eigenvalue weighted by Gasteiger charge is -2.17. The molecule has 6 nitrogen and oxygen atoms in total. The molecule has 0 amide bonds. The van der Waals surface area contributed by atoms with Crippen LogP contribution in [-0.4, -0.2) is 33.2 Å². The van der Waals surface area contributed by atoms with Gasteiger partial charge >= 0.3 is 17.9 Å². The van der Waals surface area contributed by atoms with Gasteiger partial charge in [0.1, 0.15) is 0 Å². The van der Waals surface area contributed by atoms with Crippen molar-refractivity contribution in [2.45, 2.75) is 19.3 Å². The quantitative estimate of drug-likeness (QED) is 0.312. The maximum Gasteiger partial charge on any atom is 0.335 e. The molecule has 3 N–H and O–H groups in total. The summed E-state index contributed by atoms with van der Waals surface area (Å²) in [5.74, 6) is -2.90. The summed E-state index contributed by atoms with van der Waals surface area (Å²) in [6, 6.07) is 15.8. The van der Waals surface area contributed by atoms with Crippen molar-refractivity contribution in [1.82, 2.24) is 0 Å². The SMILES string of the molecule is O=C(O)c1ccc2c(c1)Cc1c-2c2c(c3c1-c1ccc(C(=O)O)cc1C3)-c1ccc(C(=O)O)cc1C2. The predicted octanol–water partition coefficient (Wildman–Crippen LogP) is 5.49. The molecule has 4 aromatic carbocycles. The van der Waals surface area contributed by atoms with Gasteiger partial charge in [-0.25, -0.2) is 14.4 Å². The third-order valence-corrected chi connectivity index (χ3v) is 7.78. The van der Waals surface area contributed by atoms with Crippen LogP contribution in [0.1, 0.15) is 64.5 Å². The first kappa shape index (κ1) is 20.6. The molecule has 0 heterocycles. The van der Waals surface area contributed by atoms with Crippen LogP contribution in [0.2, 0.25) is 0 Å². The maximum absolute atomic E-state index is 11.6. The topological polar surface area (TPSA) is 112 Å².